The number of carbonyl (C=O) groups excluding carboxylic acids is 2. The summed E-state index contributed by atoms with van der Waals surface area (Å²) >= 11 is 6.19. The molecule has 0 amide bonds. The molecule has 0 aromatic heterocycles. The lowest BCUT2D eigenvalue weighted by Crippen LogP contribution is -2.55. The van der Waals surface area contributed by atoms with Gasteiger partial charge in [0.1, 0.15) is 17.3 Å². The molecule has 1 aliphatic heterocycles. The van der Waals surface area contributed by atoms with Crippen LogP contribution in [-0.4, -0.2) is 11.8 Å². The van der Waals surface area contributed by atoms with E-state index in [2.05, 4.69) is 0 Å². The van der Waals surface area contributed by atoms with Crippen molar-refractivity contribution in [2.45, 2.75) is 52.1 Å². The molecule has 1 heterocycles. The predicted molar refractivity (Wildman–Crippen MR) is 84.5 cm³/mol. The Morgan fingerprint density at radius 1 is 1.17 bits per heavy atom. The van der Waals surface area contributed by atoms with Gasteiger partial charge in [-0.3, -0.25) is 9.59 Å². The van der Waals surface area contributed by atoms with Crippen molar-refractivity contribution >= 4 is 23.4 Å². The van der Waals surface area contributed by atoms with Crippen molar-refractivity contribution in [2.75, 3.05) is 0 Å². The summed E-state index contributed by atoms with van der Waals surface area (Å²) < 4.78 is 19.1. The molecule has 5 heteroatoms. The first kappa shape index (κ1) is 16.4. The van der Waals surface area contributed by atoms with Crippen molar-refractivity contribution < 1.29 is 18.7 Å². The van der Waals surface area contributed by atoms with Crippen LogP contribution in [0.5, 0.6) is 0 Å². The number of rotatable bonds is 1. The molecular formula is C18H20ClFO3. The third-order valence-electron chi connectivity index (χ3n) is 5.25. The summed E-state index contributed by atoms with van der Waals surface area (Å²) in [5.41, 5.74) is -1.38. The first-order chi connectivity index (χ1) is 10.8. The molecule has 1 aromatic rings. The molecule has 2 fully saturated rings. The average molecular weight is 339 g/mol. The van der Waals surface area contributed by atoms with Crippen LogP contribution in [0.15, 0.2) is 18.2 Å². The van der Waals surface area contributed by atoms with E-state index in [9.17, 15) is 14.0 Å². The highest BCUT2D eigenvalue weighted by atomic mass is 35.5. The van der Waals surface area contributed by atoms with Crippen LogP contribution in [0.4, 0.5) is 4.39 Å². The van der Waals surface area contributed by atoms with E-state index in [0.29, 0.717) is 18.4 Å². The van der Waals surface area contributed by atoms with Gasteiger partial charge in [-0.15, -0.1) is 0 Å². The van der Waals surface area contributed by atoms with Crippen LogP contribution in [0.25, 0.3) is 0 Å². The van der Waals surface area contributed by atoms with Crippen LogP contribution in [-0.2, 0) is 14.3 Å². The first-order valence-electron chi connectivity index (χ1n) is 8.00. The number of cyclic esters (lactones) is 1. The normalized spacial score (nSPS) is 26.2. The van der Waals surface area contributed by atoms with Gasteiger partial charge in [0.15, 0.2) is 5.78 Å². The van der Waals surface area contributed by atoms with Gasteiger partial charge in [0.05, 0.1) is 10.4 Å². The van der Waals surface area contributed by atoms with E-state index in [1.807, 2.05) is 0 Å². The average Bonchev–Trinajstić information content (AvgIpc) is 2.51. The topological polar surface area (TPSA) is 43.4 Å². The number of hydrogen-bond acceptors (Lipinski definition) is 3. The zero-order chi connectivity index (χ0) is 16.8. The smallest absolute Gasteiger partial charge is 0.319 e. The second-order valence-electron chi connectivity index (χ2n) is 7.12. The number of carbonyl (C=O) groups is 2. The van der Waals surface area contributed by atoms with Crippen LogP contribution in [0.1, 0.15) is 57.6 Å². The van der Waals surface area contributed by atoms with Gasteiger partial charge >= 0.3 is 5.97 Å². The number of halogens is 2. The van der Waals surface area contributed by atoms with Crippen molar-refractivity contribution in [3.05, 3.63) is 34.6 Å². The van der Waals surface area contributed by atoms with Gasteiger partial charge in [0.25, 0.3) is 0 Å². The molecule has 2 aliphatic rings. The Bertz CT molecular complexity index is 662. The Morgan fingerprint density at radius 3 is 2.43 bits per heavy atom. The molecule has 124 valence electrons. The number of ether oxygens (including phenoxy) is 1. The molecule has 0 radical (unpaired) electrons. The van der Waals surface area contributed by atoms with E-state index in [0.717, 1.165) is 19.3 Å². The molecule has 1 saturated heterocycles. The van der Waals surface area contributed by atoms with Gasteiger partial charge in [-0.25, -0.2) is 4.39 Å². The second-order valence-corrected chi connectivity index (χ2v) is 7.53. The molecule has 3 rings (SSSR count). The molecule has 1 saturated carbocycles. The van der Waals surface area contributed by atoms with Gasteiger partial charge in [0, 0.05) is 5.56 Å². The summed E-state index contributed by atoms with van der Waals surface area (Å²) in [5.74, 6) is -1.07. The standard InChI is InChI=1S/C18H20ClFO3/c1-17(2)15(21)18(8-4-3-5-9-18)14(23-16(17)22)12-7-6-11(20)10-13(12)19/h6-7,10,14H,3-5,8-9H2,1-2H3. The zero-order valence-corrected chi connectivity index (χ0v) is 14.1. The van der Waals surface area contributed by atoms with Crippen molar-refractivity contribution in [1.29, 1.82) is 0 Å². The van der Waals surface area contributed by atoms with Crippen molar-refractivity contribution in [3.63, 3.8) is 0 Å². The molecule has 0 bridgehead atoms. The Kier molecular flexibility index (Phi) is 3.99. The van der Waals surface area contributed by atoms with Crippen LogP contribution >= 0.6 is 11.6 Å². The Hall–Kier alpha value is -1.42. The lowest BCUT2D eigenvalue weighted by Gasteiger charge is -2.49. The molecular weight excluding hydrogens is 319 g/mol. The predicted octanol–water partition coefficient (Wildman–Crippen LogP) is 4.62. The number of ketones is 1. The maximum atomic E-state index is 13.4. The quantitative estimate of drug-likeness (QED) is 0.554. The van der Waals surface area contributed by atoms with Gasteiger partial charge in [-0.05, 0) is 38.8 Å². The summed E-state index contributed by atoms with van der Waals surface area (Å²) in [4.78, 5) is 25.5. The third-order valence-corrected chi connectivity index (χ3v) is 5.58. The summed E-state index contributed by atoms with van der Waals surface area (Å²) in [6, 6.07) is 4.01. The number of esters is 1. The highest BCUT2D eigenvalue weighted by Crippen LogP contribution is 2.56. The van der Waals surface area contributed by atoms with Gasteiger partial charge < -0.3 is 4.74 Å². The minimum Gasteiger partial charge on any atom is -0.456 e. The molecule has 1 aliphatic carbocycles. The molecule has 1 atom stereocenters. The number of Topliss-reactive ketones (excluding diaryl/α,β-unsaturated/α-hetero) is 1. The largest absolute Gasteiger partial charge is 0.456 e. The number of benzene rings is 1. The fourth-order valence-corrected chi connectivity index (χ4v) is 4.21. The summed E-state index contributed by atoms with van der Waals surface area (Å²) in [6.45, 7) is 3.24. The fraction of sp³-hybridized carbons (Fsp3) is 0.556. The zero-order valence-electron chi connectivity index (χ0n) is 13.3. The van der Waals surface area contributed by atoms with Crippen molar-refractivity contribution in [1.82, 2.24) is 0 Å². The number of hydrogen-bond donors (Lipinski definition) is 0. The van der Waals surface area contributed by atoms with Crippen molar-refractivity contribution in [3.8, 4) is 0 Å². The van der Waals surface area contributed by atoms with E-state index in [4.69, 9.17) is 16.3 Å². The molecule has 3 nitrogen and oxygen atoms in total. The molecule has 1 aromatic carbocycles. The maximum Gasteiger partial charge on any atom is 0.319 e. The van der Waals surface area contributed by atoms with Gasteiger partial charge in [-0.1, -0.05) is 36.9 Å². The third kappa shape index (κ3) is 2.47. The van der Waals surface area contributed by atoms with Crippen LogP contribution < -0.4 is 0 Å². The lowest BCUT2D eigenvalue weighted by molar-refractivity contribution is -0.192. The highest BCUT2D eigenvalue weighted by molar-refractivity contribution is 6.31. The summed E-state index contributed by atoms with van der Waals surface area (Å²) in [7, 11) is 0. The van der Waals surface area contributed by atoms with Crippen LogP contribution in [0.2, 0.25) is 5.02 Å². The lowest BCUT2D eigenvalue weighted by atomic mass is 9.59. The van der Waals surface area contributed by atoms with Gasteiger partial charge in [-0.2, -0.15) is 0 Å². The second kappa shape index (κ2) is 5.59. The molecule has 23 heavy (non-hydrogen) atoms. The van der Waals surface area contributed by atoms with Crippen molar-refractivity contribution in [2.24, 2.45) is 10.8 Å². The van der Waals surface area contributed by atoms with Gasteiger partial charge in [0.2, 0.25) is 0 Å². The monoisotopic (exact) mass is 338 g/mol. The summed E-state index contributed by atoms with van der Waals surface area (Å²) in [5, 5.41) is 0.195. The highest BCUT2D eigenvalue weighted by Gasteiger charge is 2.60. The van der Waals surface area contributed by atoms with E-state index >= 15 is 0 Å². The molecule has 1 spiro atoms. The first-order valence-corrected chi connectivity index (χ1v) is 8.38. The minimum atomic E-state index is -1.15. The Balaban J connectivity index is 2.12. The fourth-order valence-electron chi connectivity index (χ4n) is 3.95. The Labute approximate surface area is 140 Å². The van der Waals surface area contributed by atoms with Crippen LogP contribution in [0, 0.1) is 16.6 Å². The molecule has 0 N–H and O–H groups in total. The minimum absolute atomic E-state index is 0.0775. The van der Waals surface area contributed by atoms with E-state index in [1.165, 1.54) is 18.2 Å². The van der Waals surface area contributed by atoms with Crippen LogP contribution in [0.3, 0.4) is 0 Å². The summed E-state index contributed by atoms with van der Waals surface area (Å²) in [6.07, 6.45) is 3.49. The molecule has 1 unspecified atom stereocenters. The van der Waals surface area contributed by atoms with E-state index in [1.54, 1.807) is 13.8 Å². The van der Waals surface area contributed by atoms with E-state index < -0.39 is 28.7 Å². The Morgan fingerprint density at radius 2 is 1.83 bits per heavy atom. The van der Waals surface area contributed by atoms with E-state index in [-0.39, 0.29) is 10.8 Å². The SMILES string of the molecule is CC1(C)C(=O)OC(c2ccc(F)cc2Cl)C2(CCCCC2)C1=O. The maximum absolute atomic E-state index is 13.4.